The molecule has 0 saturated carbocycles. The molecule has 1 heterocycles. The van der Waals surface area contributed by atoms with E-state index >= 15 is 0 Å². The largest absolute Gasteiger partial charge is 0.324 e. The monoisotopic (exact) mass is 418 g/mol. The van der Waals surface area contributed by atoms with Gasteiger partial charge in [0.2, 0.25) is 5.91 Å². The topological polar surface area (TPSA) is 107 Å². The van der Waals surface area contributed by atoms with Crippen LogP contribution in [0, 0.1) is 10.1 Å². The molecular weight excluding hydrogens is 407 g/mol. The summed E-state index contributed by atoms with van der Waals surface area (Å²) >= 11 is 11.8. The highest BCUT2D eigenvalue weighted by molar-refractivity contribution is 6.35. The molecule has 0 saturated heterocycles. The van der Waals surface area contributed by atoms with E-state index in [0.717, 1.165) is 4.68 Å². The smallest absolute Gasteiger partial charge is 0.270 e. The number of carbonyl (C=O) groups is 1. The Kier molecular flexibility index (Phi) is 5.72. The average Bonchev–Trinajstić information content (AvgIpc) is 2.62. The Labute approximate surface area is 168 Å². The van der Waals surface area contributed by atoms with E-state index < -0.39 is 16.4 Å². The van der Waals surface area contributed by atoms with E-state index in [1.807, 2.05) is 0 Å². The minimum absolute atomic E-state index is 0.104. The molecule has 0 aliphatic heterocycles. The Morgan fingerprint density at radius 1 is 1.11 bits per heavy atom. The maximum atomic E-state index is 12.3. The predicted octanol–water partition coefficient (Wildman–Crippen LogP) is 3.76. The summed E-state index contributed by atoms with van der Waals surface area (Å²) in [5, 5.41) is 18.3. The van der Waals surface area contributed by atoms with Gasteiger partial charge in [-0.3, -0.25) is 19.7 Å². The van der Waals surface area contributed by atoms with Crippen molar-refractivity contribution in [2.45, 2.75) is 6.54 Å². The lowest BCUT2D eigenvalue weighted by molar-refractivity contribution is -0.384. The van der Waals surface area contributed by atoms with Crippen molar-refractivity contribution < 1.29 is 9.72 Å². The molecule has 28 heavy (non-hydrogen) atoms. The van der Waals surface area contributed by atoms with E-state index in [9.17, 15) is 19.7 Å². The third-order valence-electron chi connectivity index (χ3n) is 3.66. The quantitative estimate of drug-likeness (QED) is 0.501. The molecule has 0 unspecified atom stereocenters. The van der Waals surface area contributed by atoms with Gasteiger partial charge in [-0.1, -0.05) is 35.3 Å². The van der Waals surface area contributed by atoms with E-state index in [-0.39, 0.29) is 12.2 Å². The van der Waals surface area contributed by atoms with Crippen LogP contribution in [-0.2, 0) is 11.3 Å². The number of aromatic nitrogens is 2. The van der Waals surface area contributed by atoms with Crippen molar-refractivity contribution in [3.05, 3.63) is 85.1 Å². The number of amides is 1. The number of hydrogen-bond acceptors (Lipinski definition) is 5. The number of nitro benzene ring substituents is 1. The van der Waals surface area contributed by atoms with Gasteiger partial charge in [-0.15, -0.1) is 0 Å². The van der Waals surface area contributed by atoms with Crippen molar-refractivity contribution in [3.8, 4) is 11.3 Å². The molecule has 0 spiro atoms. The van der Waals surface area contributed by atoms with Crippen LogP contribution in [0.25, 0.3) is 11.3 Å². The van der Waals surface area contributed by atoms with Crippen molar-refractivity contribution in [3.63, 3.8) is 0 Å². The number of benzene rings is 2. The van der Waals surface area contributed by atoms with Gasteiger partial charge >= 0.3 is 0 Å². The maximum absolute atomic E-state index is 12.3. The van der Waals surface area contributed by atoms with E-state index in [1.165, 1.54) is 48.5 Å². The number of anilines is 1. The Hall–Kier alpha value is -3.23. The molecule has 2 aromatic carbocycles. The van der Waals surface area contributed by atoms with Crippen molar-refractivity contribution in [2.75, 3.05) is 5.32 Å². The lowest BCUT2D eigenvalue weighted by Gasteiger charge is -2.09. The highest BCUT2D eigenvalue weighted by Crippen LogP contribution is 2.23. The van der Waals surface area contributed by atoms with Gasteiger partial charge in [0, 0.05) is 39.5 Å². The van der Waals surface area contributed by atoms with Gasteiger partial charge in [-0.25, -0.2) is 4.68 Å². The lowest BCUT2D eigenvalue weighted by Crippen LogP contribution is -2.29. The fourth-order valence-corrected chi connectivity index (χ4v) is 2.98. The molecule has 0 aliphatic rings. The lowest BCUT2D eigenvalue weighted by atomic mass is 10.1. The summed E-state index contributed by atoms with van der Waals surface area (Å²) < 4.78 is 0.968. The third-order valence-corrected chi connectivity index (χ3v) is 4.10. The van der Waals surface area contributed by atoms with Crippen LogP contribution >= 0.6 is 23.2 Å². The minimum Gasteiger partial charge on any atom is -0.324 e. The molecule has 1 amide bonds. The Bertz CT molecular complexity index is 1110. The first-order chi connectivity index (χ1) is 13.3. The molecule has 3 rings (SSSR count). The summed E-state index contributed by atoms with van der Waals surface area (Å²) in [5.74, 6) is -0.510. The molecule has 1 N–H and O–H groups in total. The maximum Gasteiger partial charge on any atom is 0.270 e. The Balaban J connectivity index is 1.83. The van der Waals surface area contributed by atoms with Gasteiger partial charge in [0.15, 0.2) is 0 Å². The summed E-state index contributed by atoms with van der Waals surface area (Å²) in [5.41, 5.74) is 0.554. The number of non-ortho nitro benzene ring substituents is 1. The van der Waals surface area contributed by atoms with Gasteiger partial charge in [-0.05, 0) is 24.3 Å². The first kappa shape index (κ1) is 19.5. The number of carbonyl (C=O) groups excluding carboxylic acids is 1. The number of rotatable bonds is 5. The van der Waals surface area contributed by atoms with E-state index in [0.29, 0.717) is 27.0 Å². The van der Waals surface area contributed by atoms with Gasteiger partial charge in [0.05, 0.1) is 10.6 Å². The number of nitro groups is 1. The average molecular weight is 419 g/mol. The standard InChI is InChI=1S/C18H12Cl2N4O4/c19-12-7-13(20)9-14(8-12)21-17(25)10-23-18(26)5-4-16(22-23)11-2-1-3-15(6-11)24(27)28/h1-9H,10H2,(H,21,25). The summed E-state index contributed by atoms with van der Waals surface area (Å²) in [4.78, 5) is 34.7. The predicted molar refractivity (Wildman–Crippen MR) is 106 cm³/mol. The minimum atomic E-state index is -0.525. The first-order valence-electron chi connectivity index (χ1n) is 7.91. The van der Waals surface area contributed by atoms with Crippen LogP contribution in [0.5, 0.6) is 0 Å². The van der Waals surface area contributed by atoms with Crippen LogP contribution in [0.2, 0.25) is 10.0 Å². The fraction of sp³-hybridized carbons (Fsp3) is 0.0556. The normalized spacial score (nSPS) is 10.5. The van der Waals surface area contributed by atoms with Gasteiger partial charge in [0.1, 0.15) is 6.54 Å². The van der Waals surface area contributed by atoms with Gasteiger partial charge in [0.25, 0.3) is 11.2 Å². The number of halogens is 2. The molecule has 0 aliphatic carbocycles. The molecule has 0 radical (unpaired) electrons. The van der Waals surface area contributed by atoms with Gasteiger partial charge < -0.3 is 5.32 Å². The van der Waals surface area contributed by atoms with Crippen molar-refractivity contribution >= 4 is 40.5 Å². The zero-order valence-electron chi connectivity index (χ0n) is 14.1. The molecule has 0 fully saturated rings. The summed E-state index contributed by atoms with van der Waals surface area (Å²) in [6, 6.07) is 13.1. The Morgan fingerprint density at radius 3 is 2.50 bits per heavy atom. The molecule has 0 atom stereocenters. The van der Waals surface area contributed by atoms with E-state index in [2.05, 4.69) is 10.4 Å². The number of nitrogens with zero attached hydrogens (tertiary/aromatic N) is 3. The third kappa shape index (κ3) is 4.73. The van der Waals surface area contributed by atoms with E-state index in [1.54, 1.807) is 6.07 Å². The van der Waals surface area contributed by atoms with Crippen LogP contribution in [0.4, 0.5) is 11.4 Å². The highest BCUT2D eigenvalue weighted by atomic mass is 35.5. The number of nitrogens with one attached hydrogen (secondary N) is 1. The first-order valence-corrected chi connectivity index (χ1v) is 8.66. The molecule has 10 heteroatoms. The second-order valence-corrected chi connectivity index (χ2v) is 6.60. The van der Waals surface area contributed by atoms with Crippen molar-refractivity contribution in [1.82, 2.24) is 9.78 Å². The van der Waals surface area contributed by atoms with Crippen molar-refractivity contribution in [2.24, 2.45) is 0 Å². The molecular formula is C18H12Cl2N4O4. The second-order valence-electron chi connectivity index (χ2n) is 5.73. The highest BCUT2D eigenvalue weighted by Gasteiger charge is 2.12. The van der Waals surface area contributed by atoms with Crippen LogP contribution in [0.3, 0.4) is 0 Å². The SMILES string of the molecule is O=C(Cn1nc(-c2cccc([N+](=O)[O-])c2)ccc1=O)Nc1cc(Cl)cc(Cl)c1. The summed E-state index contributed by atoms with van der Waals surface area (Å²) in [6.45, 7) is -0.355. The zero-order valence-corrected chi connectivity index (χ0v) is 15.6. The van der Waals surface area contributed by atoms with Crippen LogP contribution in [-0.4, -0.2) is 20.6 Å². The van der Waals surface area contributed by atoms with E-state index in [4.69, 9.17) is 23.2 Å². The summed E-state index contributed by atoms with van der Waals surface area (Å²) in [6.07, 6.45) is 0. The van der Waals surface area contributed by atoms with Crippen LogP contribution in [0.1, 0.15) is 0 Å². The fourth-order valence-electron chi connectivity index (χ4n) is 2.46. The molecule has 0 bridgehead atoms. The number of hydrogen-bond donors (Lipinski definition) is 1. The Morgan fingerprint density at radius 2 is 1.82 bits per heavy atom. The van der Waals surface area contributed by atoms with Crippen LogP contribution < -0.4 is 10.9 Å². The zero-order chi connectivity index (χ0) is 20.3. The summed E-state index contributed by atoms with van der Waals surface area (Å²) in [7, 11) is 0. The van der Waals surface area contributed by atoms with Gasteiger partial charge in [-0.2, -0.15) is 5.10 Å². The van der Waals surface area contributed by atoms with Crippen LogP contribution in [0.15, 0.2) is 59.4 Å². The molecule has 8 nitrogen and oxygen atoms in total. The second kappa shape index (κ2) is 8.20. The molecule has 1 aromatic heterocycles. The molecule has 3 aromatic rings. The molecule has 142 valence electrons. The van der Waals surface area contributed by atoms with Crippen molar-refractivity contribution in [1.29, 1.82) is 0 Å².